The van der Waals surface area contributed by atoms with Crippen LogP contribution in [0.5, 0.6) is 0 Å². The summed E-state index contributed by atoms with van der Waals surface area (Å²) in [7, 11) is 2.31. The molecule has 0 fully saturated rings. The number of hydrogen-bond acceptors (Lipinski definition) is 10. The number of rotatable bonds is 6. The van der Waals surface area contributed by atoms with E-state index >= 15 is 0 Å². The average molecular weight is 442 g/mol. The van der Waals surface area contributed by atoms with Crippen molar-refractivity contribution >= 4 is 29.6 Å². The van der Waals surface area contributed by atoms with Crippen LogP contribution in [0.4, 0.5) is 5.69 Å². The van der Waals surface area contributed by atoms with Gasteiger partial charge in [0.05, 0.1) is 14.2 Å². The summed E-state index contributed by atoms with van der Waals surface area (Å²) in [4.78, 5) is 52.8. The maximum atomic E-state index is 13.4. The molecule has 32 heavy (non-hydrogen) atoms. The highest BCUT2D eigenvalue weighted by Crippen LogP contribution is 2.54. The third-order valence-electron chi connectivity index (χ3n) is 5.24. The molecule has 0 bridgehead atoms. The maximum absolute atomic E-state index is 13.4. The van der Waals surface area contributed by atoms with Gasteiger partial charge in [0, 0.05) is 11.3 Å². The van der Waals surface area contributed by atoms with Gasteiger partial charge in [0.15, 0.2) is 5.41 Å². The number of anilines is 1. The molecule has 1 spiro atoms. The van der Waals surface area contributed by atoms with Crippen molar-refractivity contribution in [2.24, 2.45) is 5.73 Å². The molecule has 3 rings (SSSR count). The Hall–Kier alpha value is -4.08. The lowest BCUT2D eigenvalue weighted by Crippen LogP contribution is -2.51. The Morgan fingerprint density at radius 1 is 1.16 bits per heavy atom. The number of ether oxygens (including phenoxy) is 4. The van der Waals surface area contributed by atoms with Gasteiger partial charge in [-0.05, 0) is 13.0 Å². The highest BCUT2D eigenvalue weighted by Gasteiger charge is 2.63. The van der Waals surface area contributed by atoms with Crippen molar-refractivity contribution < 1.29 is 38.1 Å². The molecule has 0 radical (unpaired) electrons. The van der Waals surface area contributed by atoms with Gasteiger partial charge in [-0.1, -0.05) is 30.9 Å². The molecule has 2 aliphatic rings. The van der Waals surface area contributed by atoms with Crippen molar-refractivity contribution in [3.8, 4) is 0 Å². The van der Waals surface area contributed by atoms with E-state index in [9.17, 15) is 19.2 Å². The highest BCUT2D eigenvalue weighted by molar-refractivity contribution is 6.16. The maximum Gasteiger partial charge on any atom is 0.339 e. The van der Waals surface area contributed by atoms with Crippen LogP contribution in [0.15, 0.2) is 59.6 Å². The van der Waals surface area contributed by atoms with E-state index in [0.717, 1.165) is 7.11 Å². The number of methoxy groups -OCH3 is 2. The molecule has 0 aliphatic carbocycles. The van der Waals surface area contributed by atoms with Crippen LogP contribution >= 0.6 is 0 Å². The van der Waals surface area contributed by atoms with Gasteiger partial charge >= 0.3 is 23.9 Å². The van der Waals surface area contributed by atoms with Crippen LogP contribution in [-0.2, 0) is 43.5 Å². The normalized spacial score (nSPS) is 19.5. The summed E-state index contributed by atoms with van der Waals surface area (Å²) in [5.41, 5.74) is 4.22. The van der Waals surface area contributed by atoms with Gasteiger partial charge in [-0.25, -0.2) is 14.4 Å². The number of hydrogen-bond donors (Lipinski definition) is 1. The Kier molecular flexibility index (Phi) is 6.06. The molecule has 0 saturated heterocycles. The van der Waals surface area contributed by atoms with E-state index in [1.807, 2.05) is 0 Å². The zero-order valence-electron chi connectivity index (χ0n) is 17.8. The van der Waals surface area contributed by atoms with Gasteiger partial charge in [0.2, 0.25) is 0 Å². The van der Waals surface area contributed by atoms with Crippen molar-refractivity contribution in [2.75, 3.05) is 32.3 Å². The second-order valence-electron chi connectivity index (χ2n) is 6.89. The lowest BCUT2D eigenvalue weighted by Gasteiger charge is -2.40. The molecule has 1 aromatic carbocycles. The topological polar surface area (TPSA) is 134 Å². The zero-order chi connectivity index (χ0) is 23.6. The summed E-state index contributed by atoms with van der Waals surface area (Å²) in [6.45, 7) is 4.42. The fourth-order valence-corrected chi connectivity index (χ4v) is 3.95. The first-order valence-electron chi connectivity index (χ1n) is 9.49. The molecular formula is C22H22N2O8. The van der Waals surface area contributed by atoms with Crippen molar-refractivity contribution in [1.82, 2.24) is 0 Å². The van der Waals surface area contributed by atoms with Crippen molar-refractivity contribution in [3.05, 3.63) is 65.2 Å². The molecular weight excluding hydrogens is 420 g/mol. The highest BCUT2D eigenvalue weighted by atomic mass is 16.6. The minimum absolute atomic E-state index is 0.0468. The quantitative estimate of drug-likeness (QED) is 0.383. The van der Waals surface area contributed by atoms with E-state index < -0.39 is 29.3 Å². The summed E-state index contributed by atoms with van der Waals surface area (Å²) < 4.78 is 20.2. The van der Waals surface area contributed by atoms with Gasteiger partial charge < -0.3 is 29.6 Å². The van der Waals surface area contributed by atoms with Crippen LogP contribution in [-0.4, -0.2) is 51.2 Å². The third-order valence-corrected chi connectivity index (χ3v) is 5.24. The monoisotopic (exact) mass is 442 g/mol. The molecule has 10 heteroatoms. The first-order valence-corrected chi connectivity index (χ1v) is 9.49. The van der Waals surface area contributed by atoms with E-state index in [1.165, 1.54) is 31.1 Å². The Morgan fingerprint density at radius 3 is 2.47 bits per heavy atom. The first kappa shape index (κ1) is 22.6. The summed E-state index contributed by atoms with van der Waals surface area (Å²) in [5, 5.41) is 0. The molecule has 168 valence electrons. The molecule has 1 aromatic rings. The number of fused-ring (bicyclic) bond motifs is 2. The third kappa shape index (κ3) is 3.20. The van der Waals surface area contributed by atoms with Crippen molar-refractivity contribution in [1.29, 1.82) is 0 Å². The zero-order valence-corrected chi connectivity index (χ0v) is 17.8. The number of para-hydroxylation sites is 1. The molecule has 2 aliphatic heterocycles. The largest absolute Gasteiger partial charge is 0.468 e. The standard InChI is InChI=1S/C22H22N2O8/c1-5-10-31-20(27)16-12(2)32-21(28)22(16)13-8-6-7-9-14(13)24(11-15(25)29-3)18(23)17(22)19(26)30-4/h5-9H,1,10-11,23H2,2-4H3/t22-/m1/s1. The minimum atomic E-state index is -2.05. The predicted octanol–water partition coefficient (Wildman–Crippen LogP) is 0.821. The summed E-state index contributed by atoms with van der Waals surface area (Å²) in [6, 6.07) is 6.39. The number of benzene rings is 1. The lowest BCUT2D eigenvalue weighted by atomic mass is 9.66. The molecule has 0 saturated carbocycles. The number of nitrogens with zero attached hydrogens (tertiary/aromatic N) is 1. The van der Waals surface area contributed by atoms with E-state index in [2.05, 4.69) is 6.58 Å². The molecule has 0 amide bonds. The summed E-state index contributed by atoms with van der Waals surface area (Å²) in [6.07, 6.45) is 1.36. The summed E-state index contributed by atoms with van der Waals surface area (Å²) in [5.74, 6) is -3.74. The van der Waals surface area contributed by atoms with Crippen LogP contribution < -0.4 is 10.6 Å². The average Bonchev–Trinajstić information content (AvgIpc) is 3.04. The number of carbonyl (C=O) groups excluding carboxylic acids is 4. The summed E-state index contributed by atoms with van der Waals surface area (Å²) >= 11 is 0. The Labute approximate surface area is 183 Å². The van der Waals surface area contributed by atoms with Crippen molar-refractivity contribution in [3.63, 3.8) is 0 Å². The van der Waals surface area contributed by atoms with Gasteiger partial charge in [-0.3, -0.25) is 4.79 Å². The van der Waals surface area contributed by atoms with Gasteiger partial charge in [0.1, 0.15) is 35.9 Å². The number of nitrogens with two attached hydrogens (primary N) is 1. The molecule has 0 unspecified atom stereocenters. The van der Waals surface area contributed by atoms with Crippen LogP contribution in [0, 0.1) is 0 Å². The van der Waals surface area contributed by atoms with Crippen LogP contribution in [0.2, 0.25) is 0 Å². The van der Waals surface area contributed by atoms with Crippen LogP contribution in [0.25, 0.3) is 0 Å². The molecule has 2 N–H and O–H groups in total. The molecule has 1 atom stereocenters. The smallest absolute Gasteiger partial charge is 0.339 e. The Morgan fingerprint density at radius 2 is 1.84 bits per heavy atom. The predicted molar refractivity (Wildman–Crippen MR) is 111 cm³/mol. The SMILES string of the molecule is C=CCOC(=O)C1=C(C)OC(=O)[C@@]12C(C(=O)OC)=C(N)N(CC(=O)OC)c1ccccc12. The van der Waals surface area contributed by atoms with E-state index in [1.54, 1.807) is 18.2 Å². The fraction of sp³-hybridized carbons (Fsp3) is 0.273. The minimum Gasteiger partial charge on any atom is -0.468 e. The molecule has 0 aromatic heterocycles. The van der Waals surface area contributed by atoms with Crippen LogP contribution in [0.3, 0.4) is 0 Å². The van der Waals surface area contributed by atoms with E-state index in [-0.39, 0.29) is 41.4 Å². The second kappa shape index (κ2) is 8.58. The second-order valence-corrected chi connectivity index (χ2v) is 6.89. The fourth-order valence-electron chi connectivity index (χ4n) is 3.95. The number of carbonyl (C=O) groups is 4. The Bertz CT molecular complexity index is 1090. The lowest BCUT2D eigenvalue weighted by molar-refractivity contribution is -0.146. The van der Waals surface area contributed by atoms with Gasteiger partial charge in [0.25, 0.3) is 0 Å². The Balaban J connectivity index is 2.40. The number of esters is 4. The number of cyclic esters (lactones) is 1. The van der Waals surface area contributed by atoms with Gasteiger partial charge in [-0.15, -0.1) is 0 Å². The molecule has 10 nitrogen and oxygen atoms in total. The molecule has 2 heterocycles. The van der Waals surface area contributed by atoms with Crippen molar-refractivity contribution in [2.45, 2.75) is 12.3 Å². The van der Waals surface area contributed by atoms with E-state index in [0.29, 0.717) is 5.69 Å². The number of allylic oxidation sites excluding steroid dienone is 1. The van der Waals surface area contributed by atoms with E-state index in [4.69, 9.17) is 24.7 Å². The van der Waals surface area contributed by atoms with Gasteiger partial charge in [-0.2, -0.15) is 0 Å². The van der Waals surface area contributed by atoms with Crippen LogP contribution in [0.1, 0.15) is 12.5 Å². The first-order chi connectivity index (χ1) is 15.2.